The predicted molar refractivity (Wildman–Crippen MR) is 73.1 cm³/mol. The van der Waals surface area contributed by atoms with Gasteiger partial charge in [0.2, 0.25) is 5.82 Å². The summed E-state index contributed by atoms with van der Waals surface area (Å²) in [5.74, 6) is 0.305. The molecular formula is C13H13N5O2. The minimum Gasteiger partial charge on any atom is -0.348 e. The molecule has 0 atom stereocenters. The normalized spacial score (nSPS) is 10.1. The van der Waals surface area contributed by atoms with Crippen LogP contribution in [0, 0.1) is 21.4 Å². The molecule has 1 aromatic heterocycles. The van der Waals surface area contributed by atoms with E-state index >= 15 is 0 Å². The van der Waals surface area contributed by atoms with E-state index in [0.29, 0.717) is 17.9 Å². The molecule has 7 heteroatoms. The monoisotopic (exact) mass is 271 g/mol. The number of nitrogens with zero attached hydrogens (tertiary/aromatic N) is 5. The molecule has 2 aromatic rings. The molecular weight excluding hydrogens is 258 g/mol. The fraction of sp³-hybridized carbons (Fsp3) is 0.231. The number of rotatable bonds is 4. The highest BCUT2D eigenvalue weighted by Crippen LogP contribution is 2.26. The van der Waals surface area contributed by atoms with Crippen LogP contribution >= 0.6 is 0 Å². The van der Waals surface area contributed by atoms with Gasteiger partial charge in [0.05, 0.1) is 16.6 Å². The van der Waals surface area contributed by atoms with E-state index < -0.39 is 4.92 Å². The van der Waals surface area contributed by atoms with Gasteiger partial charge in [-0.3, -0.25) is 14.8 Å². The third-order valence-electron chi connectivity index (χ3n) is 2.82. The van der Waals surface area contributed by atoms with Gasteiger partial charge in [-0.15, -0.1) is 5.10 Å². The van der Waals surface area contributed by atoms with Gasteiger partial charge >= 0.3 is 5.69 Å². The summed E-state index contributed by atoms with van der Waals surface area (Å²) in [5.41, 5.74) is 1.42. The lowest BCUT2D eigenvalue weighted by molar-refractivity contribution is -0.384. The Morgan fingerprint density at radius 2 is 2.30 bits per heavy atom. The van der Waals surface area contributed by atoms with Gasteiger partial charge < -0.3 is 4.90 Å². The second-order valence-electron chi connectivity index (χ2n) is 4.44. The summed E-state index contributed by atoms with van der Waals surface area (Å²) in [7, 11) is 3.37. The molecule has 0 saturated heterocycles. The Labute approximate surface area is 115 Å². The SMILES string of the molecule is CN(Cc1cccc(C#N)c1)c1nn(C)cc1[N+](=O)[O-]. The molecule has 0 amide bonds. The van der Waals surface area contributed by atoms with Gasteiger partial charge in [0.25, 0.3) is 0 Å². The summed E-state index contributed by atoms with van der Waals surface area (Å²) >= 11 is 0. The van der Waals surface area contributed by atoms with Crippen LogP contribution in [0.15, 0.2) is 30.5 Å². The zero-order valence-corrected chi connectivity index (χ0v) is 11.1. The maximum absolute atomic E-state index is 11.0. The standard InChI is InChI=1S/C13H13N5O2/c1-16(8-11-5-3-4-10(6-11)7-14)13-12(18(19)20)9-17(2)15-13/h3-6,9H,8H2,1-2H3. The van der Waals surface area contributed by atoms with Crippen LogP contribution in [0.4, 0.5) is 11.5 Å². The van der Waals surface area contributed by atoms with Crippen LogP contribution < -0.4 is 4.90 Å². The third kappa shape index (κ3) is 2.75. The van der Waals surface area contributed by atoms with Gasteiger partial charge in [-0.1, -0.05) is 12.1 Å². The molecule has 102 valence electrons. The third-order valence-corrected chi connectivity index (χ3v) is 2.82. The van der Waals surface area contributed by atoms with Crippen LogP contribution in [-0.2, 0) is 13.6 Å². The Hall–Kier alpha value is -2.88. The van der Waals surface area contributed by atoms with Crippen molar-refractivity contribution < 1.29 is 4.92 Å². The Morgan fingerprint density at radius 1 is 1.55 bits per heavy atom. The molecule has 20 heavy (non-hydrogen) atoms. The second-order valence-corrected chi connectivity index (χ2v) is 4.44. The van der Waals surface area contributed by atoms with Crippen molar-refractivity contribution in [2.24, 2.45) is 7.05 Å². The lowest BCUT2D eigenvalue weighted by atomic mass is 10.1. The summed E-state index contributed by atoms with van der Waals surface area (Å²) in [6.45, 7) is 0.438. The van der Waals surface area contributed by atoms with Crippen molar-refractivity contribution >= 4 is 11.5 Å². The van der Waals surface area contributed by atoms with E-state index in [1.807, 2.05) is 6.07 Å². The zero-order chi connectivity index (χ0) is 14.7. The largest absolute Gasteiger partial charge is 0.348 e. The summed E-state index contributed by atoms with van der Waals surface area (Å²) in [6, 6.07) is 9.19. The molecule has 1 heterocycles. The van der Waals surface area contributed by atoms with Gasteiger partial charge in [0.15, 0.2) is 0 Å². The highest BCUT2D eigenvalue weighted by molar-refractivity contribution is 5.56. The first-order chi connectivity index (χ1) is 9.51. The van der Waals surface area contributed by atoms with E-state index in [4.69, 9.17) is 5.26 Å². The summed E-state index contributed by atoms with van der Waals surface area (Å²) in [5, 5.41) is 23.9. The van der Waals surface area contributed by atoms with Crippen molar-refractivity contribution in [3.8, 4) is 6.07 Å². The fourth-order valence-corrected chi connectivity index (χ4v) is 1.95. The van der Waals surface area contributed by atoms with Gasteiger partial charge in [0.1, 0.15) is 6.20 Å². The number of hydrogen-bond donors (Lipinski definition) is 0. The van der Waals surface area contributed by atoms with E-state index in [-0.39, 0.29) is 5.69 Å². The van der Waals surface area contributed by atoms with Crippen LogP contribution in [0.2, 0.25) is 0 Å². The van der Waals surface area contributed by atoms with E-state index in [1.165, 1.54) is 10.9 Å². The zero-order valence-electron chi connectivity index (χ0n) is 11.1. The Kier molecular flexibility index (Phi) is 3.66. The number of nitro groups is 1. The number of hydrogen-bond acceptors (Lipinski definition) is 5. The fourth-order valence-electron chi connectivity index (χ4n) is 1.95. The molecule has 0 unspecified atom stereocenters. The van der Waals surface area contributed by atoms with Crippen LogP contribution in [0.3, 0.4) is 0 Å². The highest BCUT2D eigenvalue weighted by Gasteiger charge is 2.21. The molecule has 2 rings (SSSR count). The molecule has 7 nitrogen and oxygen atoms in total. The van der Waals surface area contributed by atoms with Gasteiger partial charge in [-0.2, -0.15) is 5.26 Å². The van der Waals surface area contributed by atoms with Gasteiger partial charge in [0, 0.05) is 20.6 Å². The number of nitriles is 1. The van der Waals surface area contributed by atoms with E-state index in [2.05, 4.69) is 11.2 Å². The molecule has 0 N–H and O–H groups in total. The number of benzene rings is 1. The van der Waals surface area contributed by atoms with Crippen molar-refractivity contribution in [2.45, 2.75) is 6.54 Å². The van der Waals surface area contributed by atoms with Crippen LogP contribution in [0.5, 0.6) is 0 Å². The topological polar surface area (TPSA) is 88.0 Å². The van der Waals surface area contributed by atoms with Gasteiger partial charge in [-0.25, -0.2) is 0 Å². The number of aryl methyl sites for hydroxylation is 1. The summed E-state index contributed by atoms with van der Waals surface area (Å²) < 4.78 is 1.41. The van der Waals surface area contributed by atoms with Crippen molar-refractivity contribution in [3.63, 3.8) is 0 Å². The molecule has 0 bridgehead atoms. The molecule has 0 saturated carbocycles. The first-order valence-corrected chi connectivity index (χ1v) is 5.89. The maximum Gasteiger partial charge on any atom is 0.330 e. The summed E-state index contributed by atoms with van der Waals surface area (Å²) in [4.78, 5) is 12.2. The van der Waals surface area contributed by atoms with Crippen molar-refractivity contribution in [3.05, 3.63) is 51.7 Å². The second kappa shape index (κ2) is 5.40. The Bertz CT molecular complexity index is 686. The van der Waals surface area contributed by atoms with Gasteiger partial charge in [-0.05, 0) is 17.7 Å². The van der Waals surface area contributed by atoms with E-state index in [1.54, 1.807) is 37.2 Å². The molecule has 0 fully saturated rings. The minimum absolute atomic E-state index is 0.0357. The van der Waals surface area contributed by atoms with E-state index in [9.17, 15) is 10.1 Å². The lowest BCUT2D eigenvalue weighted by Gasteiger charge is -2.15. The predicted octanol–water partition coefficient (Wildman–Crippen LogP) is 1.84. The van der Waals surface area contributed by atoms with Crippen LogP contribution in [0.25, 0.3) is 0 Å². The molecule has 0 radical (unpaired) electrons. The molecule has 0 aliphatic rings. The highest BCUT2D eigenvalue weighted by atomic mass is 16.6. The number of aromatic nitrogens is 2. The minimum atomic E-state index is -0.454. The van der Waals surface area contributed by atoms with Crippen LogP contribution in [0.1, 0.15) is 11.1 Å². The van der Waals surface area contributed by atoms with Crippen molar-refractivity contribution in [1.82, 2.24) is 9.78 Å². The molecule has 1 aromatic carbocycles. The summed E-state index contributed by atoms with van der Waals surface area (Å²) in [6.07, 6.45) is 1.37. The Balaban J connectivity index is 2.26. The molecule has 0 spiro atoms. The van der Waals surface area contributed by atoms with E-state index in [0.717, 1.165) is 5.56 Å². The number of anilines is 1. The molecule has 0 aliphatic heterocycles. The molecule has 0 aliphatic carbocycles. The average molecular weight is 271 g/mol. The maximum atomic E-state index is 11.0. The van der Waals surface area contributed by atoms with Crippen molar-refractivity contribution in [2.75, 3.05) is 11.9 Å². The first kappa shape index (κ1) is 13.5. The quantitative estimate of drug-likeness (QED) is 0.625. The smallest absolute Gasteiger partial charge is 0.330 e. The van der Waals surface area contributed by atoms with Crippen LogP contribution in [-0.4, -0.2) is 21.8 Å². The lowest BCUT2D eigenvalue weighted by Crippen LogP contribution is -2.18. The average Bonchev–Trinajstić information content (AvgIpc) is 2.81. The first-order valence-electron chi connectivity index (χ1n) is 5.89. The Morgan fingerprint density at radius 3 is 2.95 bits per heavy atom. The van der Waals surface area contributed by atoms with Crippen molar-refractivity contribution in [1.29, 1.82) is 5.26 Å².